The van der Waals surface area contributed by atoms with E-state index in [2.05, 4.69) is 15.6 Å². The molecule has 8 heteroatoms. The largest absolute Gasteiger partial charge is 0.369 e. The van der Waals surface area contributed by atoms with Crippen LogP contribution in [0.25, 0.3) is 0 Å². The minimum absolute atomic E-state index is 0.0939. The number of ether oxygens (including phenoxy) is 1. The molecule has 1 aliphatic rings. The molecule has 7 nitrogen and oxygen atoms in total. The summed E-state index contributed by atoms with van der Waals surface area (Å²) < 4.78 is 5.62. The van der Waals surface area contributed by atoms with Gasteiger partial charge in [-0.2, -0.15) is 0 Å². The maximum absolute atomic E-state index is 12.1. The Morgan fingerprint density at radius 2 is 2.33 bits per heavy atom. The molecule has 2 unspecified atom stereocenters. The van der Waals surface area contributed by atoms with Crippen LogP contribution in [0.2, 0.25) is 0 Å². The number of alkyl halides is 1. The van der Waals surface area contributed by atoms with E-state index in [0.29, 0.717) is 25.3 Å². The fourth-order valence-corrected chi connectivity index (χ4v) is 2.52. The zero-order chi connectivity index (χ0) is 17.5. The number of hydrogen-bond donors (Lipinski definition) is 4. The van der Waals surface area contributed by atoms with E-state index in [4.69, 9.17) is 27.2 Å². The first kappa shape index (κ1) is 18.5. The van der Waals surface area contributed by atoms with E-state index in [1.807, 2.05) is 6.92 Å². The Morgan fingerprint density at radius 3 is 2.92 bits per heavy atom. The van der Waals surface area contributed by atoms with Crippen LogP contribution in [0.4, 0.5) is 5.69 Å². The van der Waals surface area contributed by atoms with Gasteiger partial charge in [-0.3, -0.25) is 15.2 Å². The van der Waals surface area contributed by atoms with Crippen molar-refractivity contribution < 1.29 is 9.53 Å². The topological polar surface area (TPSA) is 111 Å². The average molecular weight is 352 g/mol. The van der Waals surface area contributed by atoms with Gasteiger partial charge < -0.3 is 20.8 Å². The molecule has 0 spiro atoms. The van der Waals surface area contributed by atoms with Crippen LogP contribution in [-0.2, 0) is 9.53 Å². The fourth-order valence-electron chi connectivity index (χ4n) is 2.31. The monoisotopic (exact) mass is 351 g/mol. The fraction of sp³-hybridized carbons (Fsp3) is 0.500. The van der Waals surface area contributed by atoms with Crippen LogP contribution in [-0.4, -0.2) is 47.4 Å². The van der Waals surface area contributed by atoms with Crippen LogP contribution in [0.5, 0.6) is 0 Å². The lowest BCUT2D eigenvalue weighted by atomic mass is 10.1. The van der Waals surface area contributed by atoms with Crippen LogP contribution in [0.1, 0.15) is 31.6 Å². The molecular weight excluding hydrogens is 330 g/mol. The third-order valence-corrected chi connectivity index (χ3v) is 4.11. The predicted molar refractivity (Wildman–Crippen MR) is 94.4 cm³/mol. The lowest BCUT2D eigenvalue weighted by Gasteiger charge is -2.23. The van der Waals surface area contributed by atoms with Crippen LogP contribution in [0.3, 0.4) is 0 Å². The molecule has 0 aliphatic carbocycles. The maximum atomic E-state index is 12.1. The molecule has 0 bridgehead atoms. The Hall–Kier alpha value is -1.83. The maximum Gasteiger partial charge on any atom is 0.271 e. The van der Waals surface area contributed by atoms with Crippen LogP contribution >= 0.6 is 11.6 Å². The quantitative estimate of drug-likeness (QED) is 0.445. The van der Waals surface area contributed by atoms with Crippen molar-refractivity contribution in [3.05, 3.63) is 24.0 Å². The third kappa shape index (κ3) is 4.83. The van der Waals surface area contributed by atoms with Gasteiger partial charge in [-0.25, -0.2) is 0 Å². The van der Waals surface area contributed by atoms with Crippen molar-refractivity contribution in [1.29, 1.82) is 10.8 Å². The number of pyridine rings is 1. The van der Waals surface area contributed by atoms with Gasteiger partial charge in [0, 0.05) is 18.8 Å². The number of morpholine rings is 1. The number of nitrogens with one attached hydrogen (secondary N) is 4. The van der Waals surface area contributed by atoms with Gasteiger partial charge >= 0.3 is 0 Å². The van der Waals surface area contributed by atoms with Gasteiger partial charge in [-0.15, -0.1) is 11.6 Å². The average Bonchev–Trinajstić information content (AvgIpc) is 2.62. The molecule has 0 radical (unpaired) electrons. The molecule has 1 fully saturated rings. The SMILES string of the molecule is CCCC(=N)C(Cl)C(=N)C(=O)Nc1ccc(C2CNCCO2)nc1. The molecule has 2 atom stereocenters. The van der Waals surface area contributed by atoms with Gasteiger partial charge in [0.1, 0.15) is 17.2 Å². The van der Waals surface area contributed by atoms with Crippen molar-refractivity contribution in [1.82, 2.24) is 10.3 Å². The Kier molecular flexibility index (Phi) is 6.84. The van der Waals surface area contributed by atoms with Crippen molar-refractivity contribution in [2.45, 2.75) is 31.2 Å². The molecule has 4 N–H and O–H groups in total. The first-order chi connectivity index (χ1) is 11.5. The molecule has 0 saturated carbocycles. The van der Waals surface area contributed by atoms with E-state index in [0.717, 1.165) is 18.7 Å². The van der Waals surface area contributed by atoms with E-state index in [9.17, 15) is 4.79 Å². The van der Waals surface area contributed by atoms with Gasteiger partial charge in [-0.1, -0.05) is 13.3 Å². The van der Waals surface area contributed by atoms with Crippen molar-refractivity contribution in [2.24, 2.45) is 0 Å². The number of aromatic nitrogens is 1. The zero-order valence-corrected chi connectivity index (χ0v) is 14.3. The summed E-state index contributed by atoms with van der Waals surface area (Å²) in [6.07, 6.45) is 2.65. The minimum atomic E-state index is -1.00. The highest BCUT2D eigenvalue weighted by molar-refractivity contribution is 6.58. The lowest BCUT2D eigenvalue weighted by Crippen LogP contribution is -2.34. The van der Waals surface area contributed by atoms with Crippen molar-refractivity contribution in [3.8, 4) is 0 Å². The van der Waals surface area contributed by atoms with Crippen LogP contribution in [0, 0.1) is 10.8 Å². The summed E-state index contributed by atoms with van der Waals surface area (Å²) in [6, 6.07) is 3.50. The first-order valence-corrected chi connectivity index (χ1v) is 8.36. The van der Waals surface area contributed by atoms with E-state index in [1.165, 1.54) is 6.20 Å². The summed E-state index contributed by atoms with van der Waals surface area (Å²) in [4.78, 5) is 16.4. The highest BCUT2D eigenvalue weighted by Crippen LogP contribution is 2.18. The standard InChI is InChI=1S/C16H22ClN5O2/c1-2-3-11(18)14(17)15(19)16(23)22-10-4-5-12(21-8-10)13-9-20-6-7-24-13/h4-5,8,13-14,18-20H,2-3,6-7,9H2,1H3,(H,22,23). The van der Waals surface area contributed by atoms with Crippen molar-refractivity contribution in [2.75, 3.05) is 25.0 Å². The van der Waals surface area contributed by atoms with Crippen LogP contribution < -0.4 is 10.6 Å². The predicted octanol–water partition coefficient (Wildman–Crippen LogP) is 2.13. The van der Waals surface area contributed by atoms with E-state index in [1.54, 1.807) is 12.1 Å². The zero-order valence-electron chi connectivity index (χ0n) is 13.6. The highest BCUT2D eigenvalue weighted by atomic mass is 35.5. The minimum Gasteiger partial charge on any atom is -0.369 e. The van der Waals surface area contributed by atoms with Crippen molar-refractivity contribution in [3.63, 3.8) is 0 Å². The molecule has 2 rings (SSSR count). The third-order valence-electron chi connectivity index (χ3n) is 3.63. The molecule has 24 heavy (non-hydrogen) atoms. The number of rotatable bonds is 7. The molecule has 1 amide bonds. The summed E-state index contributed by atoms with van der Waals surface area (Å²) >= 11 is 6.00. The molecule has 1 aromatic rings. The summed E-state index contributed by atoms with van der Waals surface area (Å²) in [5, 5.41) is 20.4. The number of carbonyl (C=O) groups excluding carboxylic acids is 1. The smallest absolute Gasteiger partial charge is 0.271 e. The molecule has 1 saturated heterocycles. The lowest BCUT2D eigenvalue weighted by molar-refractivity contribution is -0.110. The second-order valence-corrected chi connectivity index (χ2v) is 5.98. The van der Waals surface area contributed by atoms with E-state index < -0.39 is 11.3 Å². The number of anilines is 1. The summed E-state index contributed by atoms with van der Waals surface area (Å²) in [5.74, 6) is -0.624. The molecule has 130 valence electrons. The molecular formula is C16H22ClN5O2. The Bertz CT molecular complexity index is 599. The Morgan fingerprint density at radius 1 is 1.54 bits per heavy atom. The van der Waals surface area contributed by atoms with Gasteiger partial charge in [-0.05, 0) is 18.6 Å². The van der Waals surface area contributed by atoms with Crippen molar-refractivity contribution >= 4 is 34.6 Å². The summed E-state index contributed by atoms with van der Waals surface area (Å²) in [7, 11) is 0. The second-order valence-electron chi connectivity index (χ2n) is 5.54. The number of hydrogen-bond acceptors (Lipinski definition) is 6. The first-order valence-electron chi connectivity index (χ1n) is 7.92. The van der Waals surface area contributed by atoms with E-state index in [-0.39, 0.29) is 17.5 Å². The second kappa shape index (κ2) is 8.86. The molecule has 2 heterocycles. The number of halogens is 1. The highest BCUT2D eigenvalue weighted by Gasteiger charge is 2.23. The summed E-state index contributed by atoms with van der Waals surface area (Å²) in [6.45, 7) is 4.10. The van der Waals surface area contributed by atoms with E-state index >= 15 is 0 Å². The normalized spacial score (nSPS) is 18.7. The molecule has 0 aromatic carbocycles. The van der Waals surface area contributed by atoms with Crippen LogP contribution in [0.15, 0.2) is 18.3 Å². The Labute approximate surface area is 146 Å². The summed E-state index contributed by atoms with van der Waals surface area (Å²) in [5.41, 5.74) is 1.10. The van der Waals surface area contributed by atoms with Gasteiger partial charge in [0.2, 0.25) is 0 Å². The number of amides is 1. The molecule has 1 aliphatic heterocycles. The van der Waals surface area contributed by atoms with Gasteiger partial charge in [0.05, 0.1) is 24.2 Å². The van der Waals surface area contributed by atoms with Gasteiger partial charge in [0.15, 0.2) is 0 Å². The van der Waals surface area contributed by atoms with Gasteiger partial charge in [0.25, 0.3) is 5.91 Å². The number of nitrogens with zero attached hydrogens (tertiary/aromatic N) is 1. The Balaban J connectivity index is 1.93. The number of carbonyl (C=O) groups is 1. The molecule has 1 aromatic heterocycles.